The maximum Gasteiger partial charge on any atom is 0.108 e. The number of hydrogen-bond acceptors (Lipinski definition) is 2. The second-order valence-electron chi connectivity index (χ2n) is 4.79. The van der Waals surface area contributed by atoms with Gasteiger partial charge in [-0.05, 0) is 54.0 Å². The van der Waals surface area contributed by atoms with E-state index in [1.807, 2.05) is 24.3 Å². The van der Waals surface area contributed by atoms with E-state index in [1.54, 1.807) is 0 Å². The summed E-state index contributed by atoms with van der Waals surface area (Å²) in [7, 11) is 0. The van der Waals surface area contributed by atoms with E-state index in [9.17, 15) is 0 Å². The quantitative estimate of drug-likeness (QED) is 0.592. The molecule has 1 aromatic heterocycles. The molecule has 0 spiro atoms. The summed E-state index contributed by atoms with van der Waals surface area (Å²) < 4.78 is 0.844. The third-order valence-electron chi connectivity index (χ3n) is 3.41. The molecular weight excluding hydrogens is 300 g/mol. The van der Waals surface area contributed by atoms with Crippen LogP contribution in [0, 0.1) is 11.8 Å². The summed E-state index contributed by atoms with van der Waals surface area (Å²) in [4.78, 5) is 6.87. The number of pyridine rings is 1. The van der Waals surface area contributed by atoms with Gasteiger partial charge in [0.25, 0.3) is 0 Å². The van der Waals surface area contributed by atoms with E-state index in [0.29, 0.717) is 0 Å². The van der Waals surface area contributed by atoms with E-state index in [4.69, 9.17) is 0 Å². The average molecular weight is 315 g/mol. The lowest BCUT2D eigenvalue weighted by molar-refractivity contribution is 0.383. The second kappa shape index (κ2) is 5.73. The van der Waals surface area contributed by atoms with Crippen molar-refractivity contribution in [1.29, 1.82) is 0 Å². The van der Waals surface area contributed by atoms with Crippen LogP contribution in [0.3, 0.4) is 0 Å². The minimum Gasteiger partial charge on any atom is -0.292 e. The van der Waals surface area contributed by atoms with Crippen LogP contribution in [0.25, 0.3) is 10.9 Å². The van der Waals surface area contributed by atoms with Gasteiger partial charge >= 0.3 is 0 Å². The van der Waals surface area contributed by atoms with Crippen molar-refractivity contribution < 1.29 is 0 Å². The summed E-state index contributed by atoms with van der Waals surface area (Å²) in [5.41, 5.74) is 2.04. The number of nitrogens with zero attached hydrogens (tertiary/aromatic N) is 2. The standard InChI is InChI=1S/C16H15BrN2/c17-16-12-13(6-5-11-19-9-3-4-10-19)14-7-1-2-8-15(14)18-16/h1-2,7-8,12H,3-4,9-11H2. The maximum absolute atomic E-state index is 4.46. The molecule has 0 bridgehead atoms. The van der Waals surface area contributed by atoms with Crippen LogP contribution in [-0.4, -0.2) is 29.5 Å². The Bertz CT molecular complexity index is 649. The lowest BCUT2D eigenvalue weighted by atomic mass is 10.1. The van der Waals surface area contributed by atoms with Gasteiger partial charge in [-0.15, -0.1) is 0 Å². The molecule has 19 heavy (non-hydrogen) atoms. The number of para-hydroxylation sites is 1. The van der Waals surface area contributed by atoms with Gasteiger partial charge in [0.05, 0.1) is 12.1 Å². The van der Waals surface area contributed by atoms with Crippen molar-refractivity contribution in [1.82, 2.24) is 9.88 Å². The van der Waals surface area contributed by atoms with Crippen LogP contribution in [0.5, 0.6) is 0 Å². The number of likely N-dealkylation sites (tertiary alicyclic amines) is 1. The van der Waals surface area contributed by atoms with Gasteiger partial charge in [-0.25, -0.2) is 4.98 Å². The Labute approximate surface area is 122 Å². The predicted molar refractivity (Wildman–Crippen MR) is 82.0 cm³/mol. The highest BCUT2D eigenvalue weighted by atomic mass is 79.9. The van der Waals surface area contributed by atoms with Crippen molar-refractivity contribution in [3.8, 4) is 11.8 Å². The van der Waals surface area contributed by atoms with Gasteiger partial charge in [0, 0.05) is 10.9 Å². The van der Waals surface area contributed by atoms with Crippen LogP contribution in [0.15, 0.2) is 34.9 Å². The monoisotopic (exact) mass is 314 g/mol. The van der Waals surface area contributed by atoms with Gasteiger partial charge in [0.1, 0.15) is 4.60 Å². The van der Waals surface area contributed by atoms with E-state index in [1.165, 1.54) is 25.9 Å². The lowest BCUT2D eigenvalue weighted by Gasteiger charge is -2.08. The summed E-state index contributed by atoms with van der Waals surface area (Å²) in [6.45, 7) is 3.25. The van der Waals surface area contributed by atoms with Crippen LogP contribution in [-0.2, 0) is 0 Å². The van der Waals surface area contributed by atoms with Crippen molar-refractivity contribution in [3.63, 3.8) is 0 Å². The van der Waals surface area contributed by atoms with E-state index >= 15 is 0 Å². The molecule has 1 aromatic carbocycles. The third kappa shape index (κ3) is 2.97. The summed E-state index contributed by atoms with van der Waals surface area (Å²) in [6, 6.07) is 10.1. The molecule has 2 nitrogen and oxygen atoms in total. The van der Waals surface area contributed by atoms with Gasteiger partial charge in [0.15, 0.2) is 0 Å². The topological polar surface area (TPSA) is 16.1 Å². The van der Waals surface area contributed by atoms with E-state index < -0.39 is 0 Å². The highest BCUT2D eigenvalue weighted by Gasteiger charge is 2.09. The fourth-order valence-electron chi connectivity index (χ4n) is 2.43. The molecule has 1 aliphatic rings. The largest absolute Gasteiger partial charge is 0.292 e. The molecule has 0 N–H and O–H groups in total. The molecule has 3 heteroatoms. The molecule has 0 atom stereocenters. The van der Waals surface area contributed by atoms with Crippen LogP contribution >= 0.6 is 15.9 Å². The molecule has 0 saturated carbocycles. The van der Waals surface area contributed by atoms with Crippen molar-refractivity contribution >= 4 is 26.8 Å². The molecule has 0 aliphatic carbocycles. The fraction of sp³-hybridized carbons (Fsp3) is 0.312. The predicted octanol–water partition coefficient (Wildman–Crippen LogP) is 3.44. The maximum atomic E-state index is 4.46. The van der Waals surface area contributed by atoms with E-state index in [2.05, 4.69) is 43.7 Å². The first-order chi connectivity index (χ1) is 9.33. The van der Waals surface area contributed by atoms with Gasteiger partial charge in [-0.3, -0.25) is 4.90 Å². The lowest BCUT2D eigenvalue weighted by Crippen LogP contribution is -2.18. The van der Waals surface area contributed by atoms with Crippen molar-refractivity contribution in [3.05, 3.63) is 40.5 Å². The first-order valence-corrected chi connectivity index (χ1v) is 7.39. The third-order valence-corrected chi connectivity index (χ3v) is 3.82. The summed E-state index contributed by atoms with van der Waals surface area (Å²) in [5.74, 6) is 6.58. The SMILES string of the molecule is Brc1cc(C#CCN2CCCC2)c2ccccc2n1. The fourth-order valence-corrected chi connectivity index (χ4v) is 2.85. The zero-order chi connectivity index (χ0) is 13.1. The Morgan fingerprint density at radius 2 is 2.00 bits per heavy atom. The summed E-state index contributed by atoms with van der Waals surface area (Å²) in [5, 5.41) is 1.12. The number of halogens is 1. The van der Waals surface area contributed by atoms with Gasteiger partial charge in [0.2, 0.25) is 0 Å². The number of rotatable bonds is 1. The van der Waals surface area contributed by atoms with E-state index in [-0.39, 0.29) is 0 Å². The number of fused-ring (bicyclic) bond motifs is 1. The van der Waals surface area contributed by atoms with Crippen LogP contribution < -0.4 is 0 Å². The average Bonchev–Trinajstić information content (AvgIpc) is 2.91. The Morgan fingerprint density at radius 3 is 2.84 bits per heavy atom. The van der Waals surface area contributed by atoms with Gasteiger partial charge in [-0.1, -0.05) is 30.0 Å². The van der Waals surface area contributed by atoms with Gasteiger partial charge < -0.3 is 0 Å². The van der Waals surface area contributed by atoms with Crippen molar-refractivity contribution in [2.45, 2.75) is 12.8 Å². The first-order valence-electron chi connectivity index (χ1n) is 6.59. The molecular formula is C16H15BrN2. The molecule has 0 unspecified atom stereocenters. The molecule has 3 rings (SSSR count). The Balaban J connectivity index is 1.89. The number of aromatic nitrogens is 1. The summed E-state index contributed by atoms with van der Waals surface area (Å²) >= 11 is 3.45. The first kappa shape index (κ1) is 12.7. The Kier molecular flexibility index (Phi) is 3.82. The van der Waals surface area contributed by atoms with E-state index in [0.717, 1.165) is 27.6 Å². The van der Waals surface area contributed by atoms with Crippen molar-refractivity contribution in [2.24, 2.45) is 0 Å². The van der Waals surface area contributed by atoms with Gasteiger partial charge in [-0.2, -0.15) is 0 Å². The molecule has 0 amide bonds. The van der Waals surface area contributed by atoms with Crippen LogP contribution in [0.1, 0.15) is 18.4 Å². The Hall–Kier alpha value is -1.37. The molecule has 1 fully saturated rings. The number of benzene rings is 1. The molecule has 2 aromatic rings. The summed E-state index contributed by atoms with van der Waals surface area (Å²) in [6.07, 6.45) is 2.62. The highest BCUT2D eigenvalue weighted by Crippen LogP contribution is 2.20. The molecule has 2 heterocycles. The molecule has 0 radical (unpaired) electrons. The van der Waals surface area contributed by atoms with Crippen LogP contribution in [0.4, 0.5) is 0 Å². The second-order valence-corrected chi connectivity index (χ2v) is 5.61. The zero-order valence-electron chi connectivity index (χ0n) is 10.7. The van der Waals surface area contributed by atoms with Crippen molar-refractivity contribution in [2.75, 3.05) is 19.6 Å². The number of hydrogen-bond donors (Lipinski definition) is 0. The smallest absolute Gasteiger partial charge is 0.108 e. The highest BCUT2D eigenvalue weighted by molar-refractivity contribution is 9.10. The minimum atomic E-state index is 0.844. The Morgan fingerprint density at radius 1 is 1.21 bits per heavy atom. The molecule has 96 valence electrons. The zero-order valence-corrected chi connectivity index (χ0v) is 12.3. The van der Waals surface area contributed by atoms with Crippen LogP contribution in [0.2, 0.25) is 0 Å². The molecule has 1 saturated heterocycles. The normalized spacial score (nSPS) is 15.4. The molecule has 1 aliphatic heterocycles. The minimum absolute atomic E-state index is 0.844.